The standard InChI is InChI=1S/C17H24N6O2/c1-12-8-6-7-9-13(12)16-19-21-23(20-16)11-15(25)22(5)10-14(24)18-17(2,3)4/h6-9H,10-11H2,1-5H3,(H,18,24). The van der Waals surface area contributed by atoms with Crippen molar-refractivity contribution in [2.75, 3.05) is 13.6 Å². The summed E-state index contributed by atoms with van der Waals surface area (Å²) in [6.45, 7) is 7.54. The van der Waals surface area contributed by atoms with Crippen LogP contribution in [0.15, 0.2) is 24.3 Å². The number of rotatable bonds is 5. The zero-order valence-electron chi connectivity index (χ0n) is 15.3. The predicted octanol–water partition coefficient (Wildman–Crippen LogP) is 1.02. The van der Waals surface area contributed by atoms with Crippen molar-refractivity contribution >= 4 is 11.8 Å². The number of amides is 2. The Bertz CT molecular complexity index is 762. The maximum absolute atomic E-state index is 12.2. The third kappa shape index (κ3) is 5.37. The van der Waals surface area contributed by atoms with Crippen LogP contribution in [0.25, 0.3) is 11.4 Å². The molecule has 0 spiro atoms. The van der Waals surface area contributed by atoms with Crippen molar-refractivity contribution in [1.29, 1.82) is 0 Å². The van der Waals surface area contributed by atoms with E-state index in [9.17, 15) is 9.59 Å². The van der Waals surface area contributed by atoms with Gasteiger partial charge in [-0.25, -0.2) is 0 Å². The molecule has 2 rings (SSSR count). The number of carbonyl (C=O) groups excluding carboxylic acids is 2. The minimum Gasteiger partial charge on any atom is -0.350 e. The number of nitrogens with zero attached hydrogens (tertiary/aromatic N) is 5. The lowest BCUT2D eigenvalue weighted by molar-refractivity contribution is -0.136. The van der Waals surface area contributed by atoms with Crippen LogP contribution >= 0.6 is 0 Å². The number of hydrogen-bond acceptors (Lipinski definition) is 5. The molecule has 8 nitrogen and oxygen atoms in total. The zero-order chi connectivity index (χ0) is 18.6. The molecule has 0 fully saturated rings. The fourth-order valence-corrected chi connectivity index (χ4v) is 2.24. The van der Waals surface area contributed by atoms with Gasteiger partial charge >= 0.3 is 0 Å². The molecule has 0 aliphatic heterocycles. The SMILES string of the molecule is Cc1ccccc1-c1nnn(CC(=O)N(C)CC(=O)NC(C)(C)C)n1. The fourth-order valence-electron chi connectivity index (χ4n) is 2.24. The number of nitrogens with one attached hydrogen (secondary N) is 1. The van der Waals surface area contributed by atoms with Gasteiger partial charge in [-0.05, 0) is 38.5 Å². The van der Waals surface area contributed by atoms with Gasteiger partial charge in [0.25, 0.3) is 0 Å². The maximum atomic E-state index is 12.2. The number of aryl methyl sites for hydroxylation is 1. The molecular formula is C17H24N6O2. The molecule has 0 aliphatic rings. The van der Waals surface area contributed by atoms with Gasteiger partial charge in [-0.2, -0.15) is 4.80 Å². The molecule has 0 unspecified atom stereocenters. The first-order valence-corrected chi connectivity index (χ1v) is 8.04. The zero-order valence-corrected chi connectivity index (χ0v) is 15.3. The average molecular weight is 344 g/mol. The highest BCUT2D eigenvalue weighted by Crippen LogP contribution is 2.17. The highest BCUT2D eigenvalue weighted by atomic mass is 16.2. The topological polar surface area (TPSA) is 93.0 Å². The van der Waals surface area contributed by atoms with Crippen LogP contribution in [-0.2, 0) is 16.1 Å². The quantitative estimate of drug-likeness (QED) is 0.874. The molecule has 134 valence electrons. The van der Waals surface area contributed by atoms with Gasteiger partial charge in [0.1, 0.15) is 6.54 Å². The van der Waals surface area contributed by atoms with E-state index in [1.165, 1.54) is 9.70 Å². The highest BCUT2D eigenvalue weighted by molar-refractivity contribution is 5.84. The number of hydrogen-bond donors (Lipinski definition) is 1. The van der Waals surface area contributed by atoms with Crippen molar-refractivity contribution in [2.24, 2.45) is 0 Å². The van der Waals surface area contributed by atoms with E-state index in [0.29, 0.717) is 5.82 Å². The Hall–Kier alpha value is -2.77. The third-order valence-electron chi connectivity index (χ3n) is 3.44. The Labute approximate surface area is 147 Å². The van der Waals surface area contributed by atoms with E-state index in [1.54, 1.807) is 7.05 Å². The van der Waals surface area contributed by atoms with Gasteiger partial charge in [0.05, 0.1) is 6.54 Å². The molecule has 2 amide bonds. The molecule has 1 aromatic heterocycles. The van der Waals surface area contributed by atoms with Crippen LogP contribution in [0.1, 0.15) is 26.3 Å². The van der Waals surface area contributed by atoms with Crippen molar-refractivity contribution in [1.82, 2.24) is 30.4 Å². The fraction of sp³-hybridized carbons (Fsp3) is 0.471. The minimum absolute atomic E-state index is 0.0184. The van der Waals surface area contributed by atoms with E-state index < -0.39 is 0 Å². The van der Waals surface area contributed by atoms with Crippen molar-refractivity contribution in [2.45, 2.75) is 39.8 Å². The molecule has 2 aromatic rings. The highest BCUT2D eigenvalue weighted by Gasteiger charge is 2.19. The number of tetrazole rings is 1. The maximum Gasteiger partial charge on any atom is 0.246 e. The van der Waals surface area contributed by atoms with E-state index in [4.69, 9.17) is 0 Å². The van der Waals surface area contributed by atoms with E-state index in [0.717, 1.165) is 11.1 Å². The summed E-state index contributed by atoms with van der Waals surface area (Å²) in [6.07, 6.45) is 0. The molecule has 0 atom stereocenters. The van der Waals surface area contributed by atoms with E-state index in [2.05, 4.69) is 20.7 Å². The van der Waals surface area contributed by atoms with Crippen LogP contribution in [0.3, 0.4) is 0 Å². The molecule has 0 saturated carbocycles. The first kappa shape index (κ1) is 18.6. The second-order valence-electron chi connectivity index (χ2n) is 7.01. The van der Waals surface area contributed by atoms with Gasteiger partial charge in [-0.3, -0.25) is 9.59 Å². The number of aromatic nitrogens is 4. The van der Waals surface area contributed by atoms with Crippen LogP contribution in [0.5, 0.6) is 0 Å². The lowest BCUT2D eigenvalue weighted by atomic mass is 10.1. The Morgan fingerprint density at radius 1 is 1.24 bits per heavy atom. The third-order valence-corrected chi connectivity index (χ3v) is 3.44. The van der Waals surface area contributed by atoms with Gasteiger partial charge < -0.3 is 10.2 Å². The summed E-state index contributed by atoms with van der Waals surface area (Å²) in [4.78, 5) is 26.7. The second-order valence-corrected chi connectivity index (χ2v) is 7.01. The van der Waals surface area contributed by atoms with Crippen LogP contribution in [0, 0.1) is 6.92 Å². The van der Waals surface area contributed by atoms with Gasteiger partial charge in [-0.15, -0.1) is 10.2 Å². The molecule has 1 heterocycles. The minimum atomic E-state index is -0.336. The smallest absolute Gasteiger partial charge is 0.246 e. The van der Waals surface area contributed by atoms with Crippen molar-refractivity contribution in [3.63, 3.8) is 0 Å². The second kappa shape index (κ2) is 7.42. The predicted molar refractivity (Wildman–Crippen MR) is 93.5 cm³/mol. The Morgan fingerprint density at radius 3 is 2.56 bits per heavy atom. The van der Waals surface area contributed by atoms with E-state index >= 15 is 0 Å². The Balaban J connectivity index is 1.97. The number of likely N-dealkylation sites (N-methyl/N-ethyl adjacent to an activating group) is 1. The lowest BCUT2D eigenvalue weighted by Gasteiger charge is -2.23. The number of carbonyl (C=O) groups is 2. The summed E-state index contributed by atoms with van der Waals surface area (Å²) < 4.78 is 0. The summed E-state index contributed by atoms with van der Waals surface area (Å²) in [6, 6.07) is 7.70. The Morgan fingerprint density at radius 2 is 1.92 bits per heavy atom. The first-order valence-electron chi connectivity index (χ1n) is 8.04. The van der Waals surface area contributed by atoms with Crippen molar-refractivity contribution in [3.05, 3.63) is 29.8 Å². The molecule has 0 radical (unpaired) electrons. The molecule has 8 heteroatoms. The molecule has 1 N–H and O–H groups in total. The summed E-state index contributed by atoms with van der Waals surface area (Å²) in [5, 5.41) is 15.0. The molecule has 0 aliphatic carbocycles. The Kier molecular flexibility index (Phi) is 5.51. The monoisotopic (exact) mass is 344 g/mol. The average Bonchev–Trinajstić information content (AvgIpc) is 2.93. The van der Waals surface area contributed by atoms with E-state index in [-0.39, 0.29) is 30.4 Å². The normalized spacial score (nSPS) is 11.2. The summed E-state index contributed by atoms with van der Waals surface area (Å²) in [5.41, 5.74) is 1.57. The van der Waals surface area contributed by atoms with E-state index in [1.807, 2.05) is 52.0 Å². The molecular weight excluding hydrogens is 320 g/mol. The van der Waals surface area contributed by atoms with Gasteiger partial charge in [0, 0.05) is 18.2 Å². The summed E-state index contributed by atoms with van der Waals surface area (Å²) >= 11 is 0. The molecule has 1 aromatic carbocycles. The van der Waals surface area contributed by atoms with Crippen molar-refractivity contribution < 1.29 is 9.59 Å². The van der Waals surface area contributed by atoms with Crippen LogP contribution in [-0.4, -0.2) is 56.1 Å². The van der Waals surface area contributed by atoms with Gasteiger partial charge in [0.15, 0.2) is 0 Å². The molecule has 0 saturated heterocycles. The van der Waals surface area contributed by atoms with Crippen LogP contribution < -0.4 is 5.32 Å². The van der Waals surface area contributed by atoms with Crippen molar-refractivity contribution in [3.8, 4) is 11.4 Å². The molecule has 25 heavy (non-hydrogen) atoms. The lowest BCUT2D eigenvalue weighted by Crippen LogP contribution is -2.46. The van der Waals surface area contributed by atoms with Crippen LogP contribution in [0.2, 0.25) is 0 Å². The number of benzene rings is 1. The summed E-state index contributed by atoms with van der Waals surface area (Å²) in [5.74, 6) is -0.00711. The first-order chi connectivity index (χ1) is 11.7. The summed E-state index contributed by atoms with van der Waals surface area (Å²) in [7, 11) is 1.57. The van der Waals surface area contributed by atoms with Gasteiger partial charge in [-0.1, -0.05) is 24.3 Å². The molecule has 0 bridgehead atoms. The van der Waals surface area contributed by atoms with Crippen LogP contribution in [0.4, 0.5) is 0 Å². The van der Waals surface area contributed by atoms with Gasteiger partial charge in [0.2, 0.25) is 17.6 Å². The largest absolute Gasteiger partial charge is 0.350 e.